The van der Waals surface area contributed by atoms with Crippen molar-refractivity contribution in [3.8, 4) is 0 Å². The van der Waals surface area contributed by atoms with Crippen molar-refractivity contribution >= 4 is 47.1 Å². The number of anilines is 1. The number of fused-ring (bicyclic) bond motifs is 1. The van der Waals surface area contributed by atoms with Gasteiger partial charge in [-0.1, -0.05) is 12.1 Å². The maximum atomic E-state index is 13.5. The molecule has 0 fully saturated rings. The molecule has 0 aliphatic carbocycles. The lowest BCUT2D eigenvalue weighted by Crippen LogP contribution is -2.33. The van der Waals surface area contributed by atoms with E-state index in [1.165, 1.54) is 6.07 Å². The molecule has 0 saturated carbocycles. The van der Waals surface area contributed by atoms with Crippen LogP contribution in [-0.2, 0) is 9.47 Å². The molecule has 2 amide bonds. The van der Waals surface area contributed by atoms with Crippen LogP contribution in [0.15, 0.2) is 47.5 Å². The highest BCUT2D eigenvalue weighted by atomic mass is 16.6. The van der Waals surface area contributed by atoms with Crippen LogP contribution < -0.4 is 16.0 Å². The van der Waals surface area contributed by atoms with Gasteiger partial charge in [0.15, 0.2) is 0 Å². The molecule has 1 atom stereocenters. The Kier molecular flexibility index (Phi) is 11.4. The van der Waals surface area contributed by atoms with Crippen LogP contribution in [0.25, 0.3) is 11.0 Å². The molecule has 12 heteroatoms. The molecule has 242 valence electrons. The normalized spacial score (nSPS) is 12.8. The molecule has 4 N–H and O–H groups in total. The van der Waals surface area contributed by atoms with Crippen LogP contribution in [0.3, 0.4) is 0 Å². The second kappa shape index (κ2) is 14.8. The van der Waals surface area contributed by atoms with Crippen molar-refractivity contribution in [2.24, 2.45) is 4.99 Å². The summed E-state index contributed by atoms with van der Waals surface area (Å²) in [6, 6.07) is 11.8. The number of aromatic nitrogens is 2. The highest BCUT2D eigenvalue weighted by Crippen LogP contribution is 2.30. The Hall–Kier alpha value is -4.74. The van der Waals surface area contributed by atoms with E-state index in [1.54, 1.807) is 46.0 Å². The predicted molar refractivity (Wildman–Crippen MR) is 176 cm³/mol. The first kappa shape index (κ1) is 34.7. The number of benzene rings is 2. The van der Waals surface area contributed by atoms with Gasteiger partial charge in [0.1, 0.15) is 23.4 Å². The molecule has 2 aromatic carbocycles. The summed E-state index contributed by atoms with van der Waals surface area (Å²) in [6.07, 6.45) is 2.72. The number of alkyl carbamates (subject to hydrolysis) is 1. The van der Waals surface area contributed by atoms with Crippen LogP contribution in [-0.4, -0.2) is 64.5 Å². The first-order chi connectivity index (χ1) is 21.1. The van der Waals surface area contributed by atoms with E-state index >= 15 is 0 Å². The molecule has 3 aromatic rings. The fourth-order valence-electron chi connectivity index (χ4n) is 4.69. The number of carbonyl (C=O) groups excluding carboxylic acids is 3. The lowest BCUT2D eigenvalue weighted by molar-refractivity contribution is 0.00691. The number of amides is 2. The van der Waals surface area contributed by atoms with Gasteiger partial charge in [-0.2, -0.15) is 0 Å². The first-order valence-electron chi connectivity index (χ1n) is 15.0. The lowest BCUT2D eigenvalue weighted by atomic mass is 10.1. The van der Waals surface area contributed by atoms with E-state index in [9.17, 15) is 14.4 Å². The van der Waals surface area contributed by atoms with Gasteiger partial charge < -0.3 is 24.7 Å². The maximum Gasteiger partial charge on any atom is 0.407 e. The molecule has 12 nitrogen and oxygen atoms in total. The fourth-order valence-corrected chi connectivity index (χ4v) is 4.69. The number of nitrogens with zero attached hydrogens (tertiary/aromatic N) is 3. The number of imidazole rings is 1. The van der Waals surface area contributed by atoms with E-state index in [1.807, 2.05) is 50.5 Å². The van der Waals surface area contributed by atoms with E-state index in [4.69, 9.17) is 19.9 Å². The maximum absolute atomic E-state index is 13.5. The molecule has 1 aromatic heterocycles. The number of amidine groups is 1. The van der Waals surface area contributed by atoms with Crippen LogP contribution in [0.2, 0.25) is 0 Å². The number of carbonyl (C=O) groups is 3. The minimum Gasteiger partial charge on any atom is -0.456 e. The number of aliphatic imine (C=N–C) groups is 1. The molecule has 45 heavy (non-hydrogen) atoms. The van der Waals surface area contributed by atoms with Crippen LogP contribution >= 0.6 is 0 Å². The molecule has 0 spiro atoms. The number of para-hydroxylation sites is 1. The van der Waals surface area contributed by atoms with Gasteiger partial charge >= 0.3 is 12.1 Å². The van der Waals surface area contributed by atoms with E-state index in [2.05, 4.69) is 20.9 Å². The Bertz CT molecular complexity index is 1560. The minimum atomic E-state index is -0.674. The van der Waals surface area contributed by atoms with Gasteiger partial charge in [0, 0.05) is 30.8 Å². The van der Waals surface area contributed by atoms with E-state index in [0.29, 0.717) is 30.3 Å². The average Bonchev–Trinajstić information content (AvgIpc) is 3.32. The molecule has 3 rings (SSSR count). The summed E-state index contributed by atoms with van der Waals surface area (Å²) >= 11 is 0. The number of esters is 1. The molecule has 1 unspecified atom stereocenters. The summed E-state index contributed by atoms with van der Waals surface area (Å²) in [4.78, 5) is 47.1. The zero-order valence-corrected chi connectivity index (χ0v) is 27.4. The van der Waals surface area contributed by atoms with Gasteiger partial charge in [-0.3, -0.25) is 15.5 Å². The zero-order chi connectivity index (χ0) is 33.4. The van der Waals surface area contributed by atoms with Crippen molar-refractivity contribution in [3.63, 3.8) is 0 Å². The summed E-state index contributed by atoms with van der Waals surface area (Å²) in [5, 5.41) is 16.3. The van der Waals surface area contributed by atoms with Crippen LogP contribution in [0.4, 0.5) is 10.7 Å². The smallest absolute Gasteiger partial charge is 0.407 e. The summed E-state index contributed by atoms with van der Waals surface area (Å²) in [5.41, 5.74) is 1.40. The monoisotopic (exact) mass is 619 g/mol. The number of nitrogens with one attached hydrogen (secondary N) is 4. The molecule has 0 aliphatic rings. The van der Waals surface area contributed by atoms with Gasteiger partial charge in [-0.15, -0.1) is 0 Å². The first-order valence-corrected chi connectivity index (χ1v) is 15.0. The minimum absolute atomic E-state index is 0.126. The molecule has 0 bridgehead atoms. The number of rotatable bonds is 11. The Balaban J connectivity index is 1.91. The average molecular weight is 620 g/mol. The second-order valence-electron chi connectivity index (χ2n) is 12.6. The number of unbranched alkanes of at least 4 members (excludes halogenated alkanes) is 1. The third-order valence-electron chi connectivity index (χ3n) is 6.54. The third kappa shape index (κ3) is 9.88. The van der Waals surface area contributed by atoms with Crippen molar-refractivity contribution in [1.29, 1.82) is 5.41 Å². The molecule has 0 radical (unpaired) electrons. The lowest BCUT2D eigenvalue weighted by Gasteiger charge is -2.21. The number of ether oxygens (including phenoxy) is 2. The highest BCUT2D eigenvalue weighted by Gasteiger charge is 2.23. The van der Waals surface area contributed by atoms with Crippen molar-refractivity contribution in [2.45, 2.75) is 85.0 Å². The third-order valence-corrected chi connectivity index (χ3v) is 6.54. The summed E-state index contributed by atoms with van der Waals surface area (Å²) in [6.45, 7) is 13.3. The molecular weight excluding hydrogens is 574 g/mol. The topological polar surface area (TPSA) is 160 Å². The van der Waals surface area contributed by atoms with E-state index in [-0.39, 0.29) is 17.2 Å². The van der Waals surface area contributed by atoms with Crippen molar-refractivity contribution in [1.82, 2.24) is 20.2 Å². The standard InChI is InChI=1S/C33H45N7O5/c1-21(13-9-10-18-36-31(43)45-33(5,6)7)40-26-24(27(35-8)37-20-34)16-12-17-25(26)38-30(40)39-28(41)22-14-11-15-23(19-22)29(42)44-32(2,3)4/h11-12,14-17,19-21H,9-10,13,18H2,1-8H3,(H,36,43)(H2,34,35,37)(H,38,39,41). The number of hydrogen-bond donors (Lipinski definition) is 4. The van der Waals surface area contributed by atoms with E-state index < -0.39 is 29.2 Å². The molecule has 1 heterocycles. The van der Waals surface area contributed by atoms with Crippen LogP contribution in [0.1, 0.15) is 100 Å². The van der Waals surface area contributed by atoms with Gasteiger partial charge in [-0.05, 0) is 98.1 Å². The van der Waals surface area contributed by atoms with Gasteiger partial charge in [0.25, 0.3) is 5.91 Å². The van der Waals surface area contributed by atoms with Crippen molar-refractivity contribution < 1.29 is 23.9 Å². The van der Waals surface area contributed by atoms with Crippen molar-refractivity contribution in [2.75, 3.05) is 18.9 Å². The SMILES string of the molecule is CN/C(=N\C=N)c1cccc2nc(NC(=O)c3cccc(C(=O)OC(C)(C)C)c3)n(C(C)CCCCNC(=O)OC(C)(C)C)c12. The Morgan fingerprint density at radius 1 is 1.00 bits per heavy atom. The second-order valence-corrected chi connectivity index (χ2v) is 12.6. The Labute approximate surface area is 264 Å². The predicted octanol–water partition coefficient (Wildman–Crippen LogP) is 6.07. The molecular formula is C33H45N7O5. The van der Waals surface area contributed by atoms with Crippen LogP contribution in [0, 0.1) is 5.41 Å². The van der Waals surface area contributed by atoms with Crippen molar-refractivity contribution in [3.05, 3.63) is 59.2 Å². The Morgan fingerprint density at radius 3 is 2.31 bits per heavy atom. The van der Waals surface area contributed by atoms with Gasteiger partial charge in [-0.25, -0.2) is 19.6 Å². The fraction of sp³-hybridized carbons (Fsp3) is 0.455. The summed E-state index contributed by atoms with van der Waals surface area (Å²) < 4.78 is 12.7. The van der Waals surface area contributed by atoms with Gasteiger partial charge in [0.05, 0.1) is 16.6 Å². The largest absolute Gasteiger partial charge is 0.456 e. The highest BCUT2D eigenvalue weighted by molar-refractivity contribution is 6.11. The summed E-state index contributed by atoms with van der Waals surface area (Å²) in [5.74, 6) is -0.147. The molecule has 0 saturated heterocycles. The van der Waals surface area contributed by atoms with Gasteiger partial charge in [0.2, 0.25) is 5.95 Å². The number of hydrogen-bond acceptors (Lipinski definition) is 7. The zero-order valence-electron chi connectivity index (χ0n) is 27.4. The molecule has 0 aliphatic heterocycles. The Morgan fingerprint density at radius 2 is 1.67 bits per heavy atom. The summed E-state index contributed by atoms with van der Waals surface area (Å²) in [7, 11) is 1.73. The van der Waals surface area contributed by atoms with E-state index in [0.717, 1.165) is 30.3 Å². The quantitative estimate of drug-likeness (QED) is 0.0877. The van der Waals surface area contributed by atoms with Crippen LogP contribution in [0.5, 0.6) is 0 Å².